The molecule has 1 aromatic heterocycles. The van der Waals surface area contributed by atoms with Gasteiger partial charge >= 0.3 is 0 Å². The summed E-state index contributed by atoms with van der Waals surface area (Å²) in [5, 5.41) is 0.838. The van der Waals surface area contributed by atoms with E-state index in [1.165, 1.54) is 17.3 Å². The molecule has 1 heterocycles. The zero-order valence-electron chi connectivity index (χ0n) is 16.1. The van der Waals surface area contributed by atoms with Crippen LogP contribution in [0.25, 0.3) is 16.6 Å². The first-order chi connectivity index (χ1) is 12.9. The molecule has 2 atom stereocenters. The Hall–Kier alpha value is -2.40. The van der Waals surface area contributed by atoms with Crippen LogP contribution in [-0.2, 0) is 4.79 Å². The summed E-state index contributed by atoms with van der Waals surface area (Å²) in [6.07, 6.45) is 1.06. The summed E-state index contributed by atoms with van der Waals surface area (Å²) < 4.78 is 1.62. The van der Waals surface area contributed by atoms with Gasteiger partial charge < -0.3 is 0 Å². The highest BCUT2D eigenvalue weighted by Gasteiger charge is 2.18. The topological polar surface area (TPSA) is 52.0 Å². The second kappa shape index (κ2) is 8.09. The lowest BCUT2D eigenvalue weighted by molar-refractivity contribution is -0.116. The molecule has 0 radical (unpaired) electrons. The van der Waals surface area contributed by atoms with Gasteiger partial charge in [-0.1, -0.05) is 49.9 Å². The molecule has 2 aromatic carbocycles. The fourth-order valence-corrected chi connectivity index (χ4v) is 3.77. The van der Waals surface area contributed by atoms with Gasteiger partial charge in [0.2, 0.25) is 0 Å². The highest BCUT2D eigenvalue weighted by Crippen LogP contribution is 2.26. The van der Waals surface area contributed by atoms with Crippen molar-refractivity contribution in [3.8, 4) is 5.69 Å². The molecule has 2 unspecified atom stereocenters. The fraction of sp³-hybridized carbons (Fsp3) is 0.318. The molecular formula is C22H24N2O2S. The van der Waals surface area contributed by atoms with E-state index in [4.69, 9.17) is 0 Å². The van der Waals surface area contributed by atoms with Gasteiger partial charge in [0.1, 0.15) is 5.78 Å². The third kappa shape index (κ3) is 3.98. The number of rotatable bonds is 6. The minimum absolute atomic E-state index is 0.0566. The Bertz CT molecular complexity index is 1020. The Labute approximate surface area is 163 Å². The summed E-state index contributed by atoms with van der Waals surface area (Å²) in [6.45, 7) is 7.75. The number of thioether (sulfide) groups is 1. The van der Waals surface area contributed by atoms with Crippen molar-refractivity contribution in [3.63, 3.8) is 0 Å². The maximum atomic E-state index is 13.2. The first-order valence-corrected chi connectivity index (χ1v) is 10.1. The number of benzene rings is 2. The number of hydrogen-bond acceptors (Lipinski definition) is 4. The number of carbonyl (C=O) groups is 1. The zero-order chi connectivity index (χ0) is 19.6. The maximum absolute atomic E-state index is 13.2. The van der Waals surface area contributed by atoms with Crippen molar-refractivity contribution in [2.45, 2.75) is 50.4 Å². The highest BCUT2D eigenvalue weighted by atomic mass is 32.2. The van der Waals surface area contributed by atoms with Crippen LogP contribution in [0.15, 0.2) is 58.5 Å². The maximum Gasteiger partial charge on any atom is 0.266 e. The lowest BCUT2D eigenvalue weighted by Gasteiger charge is -2.16. The van der Waals surface area contributed by atoms with E-state index < -0.39 is 0 Å². The number of Topliss-reactive ketones (excluding diaryl/α,β-unsaturated/α-hetero) is 1. The summed E-state index contributed by atoms with van der Waals surface area (Å²) >= 11 is 1.32. The monoisotopic (exact) mass is 380 g/mol. The standard InChI is InChI=1S/C22H24N2O2S/c1-5-14(2)17-10-12-18(13-11-17)24-21(26)19-8-6-7-9-20(19)23-22(24)27-16(4)15(3)25/h6-14,16H,5H2,1-4H3. The summed E-state index contributed by atoms with van der Waals surface area (Å²) in [6, 6.07) is 15.4. The van der Waals surface area contributed by atoms with Crippen molar-refractivity contribution in [3.05, 3.63) is 64.4 Å². The van der Waals surface area contributed by atoms with Crippen LogP contribution in [0.2, 0.25) is 0 Å². The molecule has 4 nitrogen and oxygen atoms in total. The summed E-state index contributed by atoms with van der Waals surface area (Å²) in [7, 11) is 0. The molecule has 0 spiro atoms. The van der Waals surface area contributed by atoms with E-state index in [1.54, 1.807) is 17.6 Å². The molecule has 0 amide bonds. The Kier molecular flexibility index (Phi) is 5.80. The smallest absolute Gasteiger partial charge is 0.266 e. The van der Waals surface area contributed by atoms with Crippen molar-refractivity contribution in [1.29, 1.82) is 0 Å². The van der Waals surface area contributed by atoms with E-state index in [-0.39, 0.29) is 16.6 Å². The number of ketones is 1. The van der Waals surface area contributed by atoms with Gasteiger partial charge in [0.05, 0.1) is 21.8 Å². The van der Waals surface area contributed by atoms with Crippen molar-refractivity contribution >= 4 is 28.4 Å². The van der Waals surface area contributed by atoms with Gasteiger partial charge in [-0.3, -0.25) is 14.2 Å². The number of hydrogen-bond donors (Lipinski definition) is 0. The highest BCUT2D eigenvalue weighted by molar-refractivity contribution is 8.00. The second-order valence-corrected chi connectivity index (χ2v) is 8.13. The third-order valence-corrected chi connectivity index (χ3v) is 6.10. The van der Waals surface area contributed by atoms with Gasteiger partial charge in [-0.2, -0.15) is 0 Å². The Morgan fingerprint density at radius 1 is 1.11 bits per heavy atom. The molecule has 0 aliphatic carbocycles. The van der Waals surface area contributed by atoms with Gasteiger partial charge in [0.25, 0.3) is 5.56 Å². The number of aromatic nitrogens is 2. The van der Waals surface area contributed by atoms with Gasteiger partial charge in [0.15, 0.2) is 5.16 Å². The van der Waals surface area contributed by atoms with Crippen LogP contribution in [0.3, 0.4) is 0 Å². The summed E-state index contributed by atoms with van der Waals surface area (Å²) in [5.41, 5.74) is 2.54. The molecule has 140 valence electrons. The van der Waals surface area contributed by atoms with Gasteiger partial charge in [0, 0.05) is 0 Å². The zero-order valence-corrected chi connectivity index (χ0v) is 16.9. The lowest BCUT2D eigenvalue weighted by Crippen LogP contribution is -2.23. The fourth-order valence-electron chi connectivity index (χ4n) is 2.85. The predicted molar refractivity (Wildman–Crippen MR) is 112 cm³/mol. The predicted octanol–water partition coefficient (Wildman–Crippen LogP) is 4.97. The molecule has 0 bridgehead atoms. The first-order valence-electron chi connectivity index (χ1n) is 9.21. The molecule has 0 N–H and O–H groups in total. The van der Waals surface area contributed by atoms with E-state index in [9.17, 15) is 9.59 Å². The SMILES string of the molecule is CCC(C)c1ccc(-n2c(SC(C)C(C)=O)nc3ccccc3c2=O)cc1. The number of para-hydroxylation sites is 1. The quantitative estimate of drug-likeness (QED) is 0.447. The van der Waals surface area contributed by atoms with Crippen molar-refractivity contribution in [2.75, 3.05) is 0 Å². The van der Waals surface area contributed by atoms with Gasteiger partial charge in [-0.05, 0) is 56.0 Å². The van der Waals surface area contributed by atoms with Crippen LogP contribution in [-0.4, -0.2) is 20.6 Å². The van der Waals surface area contributed by atoms with Gasteiger partial charge in [-0.15, -0.1) is 0 Å². The molecule has 5 heteroatoms. The van der Waals surface area contributed by atoms with Crippen molar-refractivity contribution < 1.29 is 4.79 Å². The molecule has 0 fully saturated rings. The molecule has 0 aliphatic rings. The molecule has 0 aliphatic heterocycles. The van der Waals surface area contributed by atoms with Crippen LogP contribution in [0.4, 0.5) is 0 Å². The van der Waals surface area contributed by atoms with Crippen LogP contribution in [0.5, 0.6) is 0 Å². The summed E-state index contributed by atoms with van der Waals surface area (Å²) in [4.78, 5) is 29.6. The van der Waals surface area contributed by atoms with E-state index >= 15 is 0 Å². The van der Waals surface area contributed by atoms with Gasteiger partial charge in [-0.25, -0.2) is 4.98 Å². The Morgan fingerprint density at radius 2 is 1.78 bits per heavy atom. The Balaban J connectivity index is 2.18. The average Bonchev–Trinajstić information content (AvgIpc) is 2.68. The van der Waals surface area contributed by atoms with E-state index in [2.05, 4.69) is 31.0 Å². The molecule has 3 aromatic rings. The minimum Gasteiger partial charge on any atom is -0.299 e. The number of carbonyl (C=O) groups excluding carboxylic acids is 1. The molecule has 0 saturated carbocycles. The largest absolute Gasteiger partial charge is 0.299 e. The number of fused-ring (bicyclic) bond motifs is 1. The minimum atomic E-state index is -0.274. The van der Waals surface area contributed by atoms with E-state index in [0.29, 0.717) is 22.0 Å². The molecule has 27 heavy (non-hydrogen) atoms. The van der Waals surface area contributed by atoms with Crippen LogP contribution < -0.4 is 5.56 Å². The normalized spacial score (nSPS) is 13.5. The Morgan fingerprint density at radius 3 is 2.41 bits per heavy atom. The van der Waals surface area contributed by atoms with Crippen molar-refractivity contribution in [1.82, 2.24) is 9.55 Å². The molecule has 0 saturated heterocycles. The van der Waals surface area contributed by atoms with Crippen molar-refractivity contribution in [2.24, 2.45) is 0 Å². The molecular weight excluding hydrogens is 356 g/mol. The molecule has 3 rings (SSSR count). The third-order valence-electron chi connectivity index (χ3n) is 4.93. The summed E-state index contributed by atoms with van der Waals surface area (Å²) in [5.74, 6) is 0.526. The van der Waals surface area contributed by atoms with Crippen LogP contribution in [0, 0.1) is 0 Å². The van der Waals surface area contributed by atoms with E-state index in [1.807, 2.05) is 37.3 Å². The second-order valence-electron chi connectivity index (χ2n) is 6.82. The first kappa shape index (κ1) is 19.4. The average molecular weight is 381 g/mol. The lowest BCUT2D eigenvalue weighted by atomic mass is 9.98. The van der Waals surface area contributed by atoms with E-state index in [0.717, 1.165) is 12.1 Å². The number of nitrogens with zero attached hydrogens (tertiary/aromatic N) is 2. The van der Waals surface area contributed by atoms with Crippen LogP contribution in [0.1, 0.15) is 45.6 Å². The van der Waals surface area contributed by atoms with Crippen LogP contribution >= 0.6 is 11.8 Å².